The van der Waals surface area contributed by atoms with E-state index in [1.165, 1.54) is 0 Å². The summed E-state index contributed by atoms with van der Waals surface area (Å²) >= 11 is 11.7. The van der Waals surface area contributed by atoms with E-state index in [4.69, 9.17) is 28.5 Å². The summed E-state index contributed by atoms with van der Waals surface area (Å²) < 4.78 is 0. The Morgan fingerprint density at radius 1 is 1.39 bits per heavy atom. The third kappa shape index (κ3) is 4.56. The lowest BCUT2D eigenvalue weighted by atomic mass is 10.1. The zero-order valence-corrected chi connectivity index (χ0v) is 11.8. The molecule has 1 aromatic rings. The number of carbonyl (C=O) groups is 1. The molecule has 0 unspecified atom stereocenters. The Labute approximate surface area is 117 Å². The third-order valence-electron chi connectivity index (χ3n) is 2.36. The van der Waals surface area contributed by atoms with Crippen LogP contribution >= 0.6 is 23.2 Å². The highest BCUT2D eigenvalue weighted by Gasteiger charge is 2.18. The first-order valence-corrected chi connectivity index (χ1v) is 6.26. The molecule has 0 aliphatic rings. The van der Waals surface area contributed by atoms with Crippen LogP contribution in [0.1, 0.15) is 25.8 Å². The molecule has 3 nitrogen and oxygen atoms in total. The van der Waals surface area contributed by atoms with Gasteiger partial charge >= 0.3 is 0 Å². The summed E-state index contributed by atoms with van der Waals surface area (Å²) in [5.41, 5.74) is 0.101. The van der Waals surface area contributed by atoms with Crippen LogP contribution in [0.2, 0.25) is 10.0 Å². The van der Waals surface area contributed by atoms with Gasteiger partial charge in [0.2, 0.25) is 5.91 Å². The van der Waals surface area contributed by atoms with Gasteiger partial charge in [0, 0.05) is 6.42 Å². The minimum atomic E-state index is -0.839. The number of amides is 1. The molecule has 1 N–H and O–H groups in total. The minimum Gasteiger partial charge on any atom is -0.338 e. The number of benzene rings is 1. The van der Waals surface area contributed by atoms with Gasteiger partial charge in [-0.3, -0.25) is 4.79 Å². The average Bonchev–Trinajstić information content (AvgIpc) is 2.30. The number of hydrogen-bond donors (Lipinski definition) is 1. The van der Waals surface area contributed by atoms with Gasteiger partial charge in [-0.2, -0.15) is 5.26 Å². The van der Waals surface area contributed by atoms with Crippen molar-refractivity contribution in [3.05, 3.63) is 33.8 Å². The Kier molecular flexibility index (Phi) is 5.01. The van der Waals surface area contributed by atoms with E-state index in [-0.39, 0.29) is 5.91 Å². The summed E-state index contributed by atoms with van der Waals surface area (Å²) in [6.45, 7) is 3.31. The van der Waals surface area contributed by atoms with Crippen molar-refractivity contribution in [1.29, 1.82) is 5.26 Å². The lowest BCUT2D eigenvalue weighted by Gasteiger charge is -2.17. The molecule has 1 rings (SSSR count). The molecule has 0 saturated heterocycles. The maximum absolute atomic E-state index is 11.6. The van der Waals surface area contributed by atoms with Gasteiger partial charge in [-0.15, -0.1) is 0 Å². The van der Waals surface area contributed by atoms with Gasteiger partial charge in [0.15, 0.2) is 0 Å². The summed E-state index contributed by atoms with van der Waals surface area (Å²) in [7, 11) is 0. The molecule has 0 radical (unpaired) electrons. The molecule has 0 saturated carbocycles. The van der Waals surface area contributed by atoms with Crippen molar-refractivity contribution in [2.45, 2.75) is 32.2 Å². The SMILES string of the molecule is CC(C)(C#N)NC(=O)CCc1ccc(Cl)c(Cl)c1. The topological polar surface area (TPSA) is 52.9 Å². The number of nitrogens with one attached hydrogen (secondary N) is 1. The molecule has 0 aliphatic heterocycles. The second kappa shape index (κ2) is 6.08. The largest absolute Gasteiger partial charge is 0.338 e. The van der Waals surface area contributed by atoms with Crippen LogP contribution < -0.4 is 5.32 Å². The molecule has 18 heavy (non-hydrogen) atoms. The highest BCUT2D eigenvalue weighted by atomic mass is 35.5. The Balaban J connectivity index is 2.53. The third-order valence-corrected chi connectivity index (χ3v) is 3.10. The fraction of sp³-hybridized carbons (Fsp3) is 0.385. The number of nitriles is 1. The van der Waals surface area contributed by atoms with Crippen molar-refractivity contribution in [2.75, 3.05) is 0 Å². The summed E-state index contributed by atoms with van der Waals surface area (Å²) in [4.78, 5) is 11.6. The monoisotopic (exact) mass is 284 g/mol. The molecule has 0 aliphatic carbocycles. The molecule has 1 aromatic carbocycles. The molecule has 5 heteroatoms. The smallest absolute Gasteiger partial charge is 0.221 e. The van der Waals surface area contributed by atoms with Crippen molar-refractivity contribution < 1.29 is 4.79 Å². The van der Waals surface area contributed by atoms with E-state index in [2.05, 4.69) is 5.32 Å². The molecule has 0 heterocycles. The first-order chi connectivity index (χ1) is 8.34. The van der Waals surface area contributed by atoms with Crippen LogP contribution in [0.5, 0.6) is 0 Å². The maximum Gasteiger partial charge on any atom is 0.221 e. The van der Waals surface area contributed by atoms with Crippen molar-refractivity contribution in [3.63, 3.8) is 0 Å². The Morgan fingerprint density at radius 2 is 2.06 bits per heavy atom. The number of hydrogen-bond acceptors (Lipinski definition) is 2. The molecule has 96 valence electrons. The molecule has 0 fully saturated rings. The zero-order valence-electron chi connectivity index (χ0n) is 10.3. The first kappa shape index (κ1) is 14.8. The predicted molar refractivity (Wildman–Crippen MR) is 72.6 cm³/mol. The quantitative estimate of drug-likeness (QED) is 0.922. The fourth-order valence-corrected chi connectivity index (χ4v) is 1.71. The van der Waals surface area contributed by atoms with Crippen LogP contribution in [0.25, 0.3) is 0 Å². The number of aryl methyl sites for hydroxylation is 1. The van der Waals surface area contributed by atoms with E-state index < -0.39 is 5.54 Å². The highest BCUT2D eigenvalue weighted by molar-refractivity contribution is 6.42. The van der Waals surface area contributed by atoms with E-state index >= 15 is 0 Å². The predicted octanol–water partition coefficient (Wildman–Crippen LogP) is 3.34. The Hall–Kier alpha value is -1.24. The lowest BCUT2D eigenvalue weighted by Crippen LogP contribution is -2.42. The standard InChI is InChI=1S/C13H14Cl2N2O/c1-13(2,8-16)17-12(18)6-4-9-3-5-10(14)11(15)7-9/h3,5,7H,4,6H2,1-2H3,(H,17,18). The summed E-state index contributed by atoms with van der Waals surface area (Å²) in [6.07, 6.45) is 0.868. The number of carbonyl (C=O) groups excluding carboxylic acids is 1. The highest BCUT2D eigenvalue weighted by Crippen LogP contribution is 2.23. The normalized spacial score (nSPS) is 10.8. The molecule has 0 atom stereocenters. The van der Waals surface area contributed by atoms with Crippen LogP contribution in [0.15, 0.2) is 18.2 Å². The van der Waals surface area contributed by atoms with Crippen LogP contribution in [-0.4, -0.2) is 11.4 Å². The van der Waals surface area contributed by atoms with Crippen LogP contribution in [0.4, 0.5) is 0 Å². The minimum absolute atomic E-state index is 0.160. The van der Waals surface area contributed by atoms with Crippen molar-refractivity contribution in [2.24, 2.45) is 0 Å². The van der Waals surface area contributed by atoms with Gasteiger partial charge in [-0.25, -0.2) is 0 Å². The first-order valence-electron chi connectivity index (χ1n) is 5.50. The second-order valence-corrected chi connectivity index (χ2v) is 5.35. The van der Waals surface area contributed by atoms with Crippen LogP contribution in [0.3, 0.4) is 0 Å². The molecule has 0 aromatic heterocycles. The van der Waals surface area contributed by atoms with Gasteiger partial charge in [0.25, 0.3) is 0 Å². The van der Waals surface area contributed by atoms with Gasteiger partial charge in [0.05, 0.1) is 16.1 Å². The zero-order chi connectivity index (χ0) is 13.8. The number of halogens is 2. The van der Waals surface area contributed by atoms with Crippen molar-refractivity contribution in [1.82, 2.24) is 5.32 Å². The van der Waals surface area contributed by atoms with E-state index in [1.807, 2.05) is 12.1 Å². The lowest BCUT2D eigenvalue weighted by molar-refractivity contribution is -0.122. The van der Waals surface area contributed by atoms with E-state index in [9.17, 15) is 4.79 Å². The molecule has 0 bridgehead atoms. The van der Waals surface area contributed by atoms with E-state index in [1.54, 1.807) is 26.0 Å². The molecule has 1 amide bonds. The van der Waals surface area contributed by atoms with Crippen LogP contribution in [-0.2, 0) is 11.2 Å². The summed E-state index contributed by atoms with van der Waals surface area (Å²) in [6, 6.07) is 7.29. The number of rotatable bonds is 4. The maximum atomic E-state index is 11.6. The van der Waals surface area contributed by atoms with Gasteiger partial charge < -0.3 is 5.32 Å². The Morgan fingerprint density at radius 3 is 2.61 bits per heavy atom. The Bertz CT molecular complexity index is 492. The second-order valence-electron chi connectivity index (χ2n) is 4.53. The van der Waals surface area contributed by atoms with E-state index in [0.717, 1.165) is 5.56 Å². The molecule has 0 spiro atoms. The number of nitrogens with zero attached hydrogens (tertiary/aromatic N) is 1. The van der Waals surface area contributed by atoms with Crippen molar-refractivity contribution in [3.8, 4) is 6.07 Å². The fourth-order valence-electron chi connectivity index (χ4n) is 1.39. The molecular weight excluding hydrogens is 271 g/mol. The van der Waals surface area contributed by atoms with Gasteiger partial charge in [0.1, 0.15) is 5.54 Å². The van der Waals surface area contributed by atoms with Crippen molar-refractivity contribution >= 4 is 29.1 Å². The average molecular weight is 285 g/mol. The van der Waals surface area contributed by atoms with Crippen LogP contribution in [0, 0.1) is 11.3 Å². The summed E-state index contributed by atoms with van der Waals surface area (Å²) in [5, 5.41) is 12.4. The van der Waals surface area contributed by atoms with Gasteiger partial charge in [-0.05, 0) is 38.0 Å². The van der Waals surface area contributed by atoms with Gasteiger partial charge in [-0.1, -0.05) is 29.3 Å². The van der Waals surface area contributed by atoms with E-state index in [0.29, 0.717) is 22.9 Å². The summed E-state index contributed by atoms with van der Waals surface area (Å²) in [5.74, 6) is -0.160. The molecular formula is C13H14Cl2N2O.